The number of hydrogen-bond acceptors (Lipinski definition) is 3. The summed E-state index contributed by atoms with van der Waals surface area (Å²) in [5.74, 6) is 0.962. The molecule has 0 heterocycles. The van der Waals surface area contributed by atoms with Crippen molar-refractivity contribution in [3.8, 4) is 5.75 Å². The minimum Gasteiger partial charge on any atom is -0.481 e. The molecule has 1 N–H and O–H groups in total. The first kappa shape index (κ1) is 16.5. The molecule has 1 aliphatic rings. The SMILES string of the molecule is CC(=O)c1cccc(OC(C)C(=O)NC2CCCCC2C)c1. The van der Waals surface area contributed by atoms with Gasteiger partial charge in [-0.3, -0.25) is 9.59 Å². The molecule has 0 radical (unpaired) electrons. The lowest BCUT2D eigenvalue weighted by atomic mass is 9.86. The maximum absolute atomic E-state index is 12.3. The third kappa shape index (κ3) is 4.33. The highest BCUT2D eigenvalue weighted by molar-refractivity contribution is 5.94. The van der Waals surface area contributed by atoms with Crippen LogP contribution in [0.4, 0.5) is 0 Å². The molecule has 22 heavy (non-hydrogen) atoms. The molecule has 3 atom stereocenters. The Labute approximate surface area is 132 Å². The van der Waals surface area contributed by atoms with Gasteiger partial charge in [0.25, 0.3) is 5.91 Å². The molecule has 1 saturated carbocycles. The molecule has 2 rings (SSSR count). The summed E-state index contributed by atoms with van der Waals surface area (Å²) >= 11 is 0. The Morgan fingerprint density at radius 1 is 1.27 bits per heavy atom. The number of ether oxygens (including phenoxy) is 1. The molecule has 3 unspecified atom stereocenters. The standard InChI is InChI=1S/C18H25NO3/c1-12-7-4-5-10-17(12)19-18(21)14(3)22-16-9-6-8-15(11-16)13(2)20/h6,8-9,11-12,14,17H,4-5,7,10H2,1-3H3,(H,19,21). The van der Waals surface area contributed by atoms with E-state index in [2.05, 4.69) is 12.2 Å². The molecule has 1 amide bonds. The van der Waals surface area contributed by atoms with Gasteiger partial charge in [0, 0.05) is 11.6 Å². The molecule has 4 heteroatoms. The van der Waals surface area contributed by atoms with E-state index >= 15 is 0 Å². The summed E-state index contributed by atoms with van der Waals surface area (Å²) in [6.07, 6.45) is 4.06. The van der Waals surface area contributed by atoms with Crippen LogP contribution in [0.5, 0.6) is 5.75 Å². The van der Waals surface area contributed by atoms with Crippen LogP contribution < -0.4 is 10.1 Å². The molecule has 0 aliphatic heterocycles. The van der Waals surface area contributed by atoms with E-state index in [1.165, 1.54) is 26.2 Å². The van der Waals surface area contributed by atoms with E-state index in [0.29, 0.717) is 17.2 Å². The van der Waals surface area contributed by atoms with Crippen LogP contribution >= 0.6 is 0 Å². The first-order valence-electron chi connectivity index (χ1n) is 8.05. The molecule has 0 saturated heterocycles. The zero-order chi connectivity index (χ0) is 16.1. The summed E-state index contributed by atoms with van der Waals surface area (Å²) in [5, 5.41) is 3.10. The van der Waals surface area contributed by atoms with Gasteiger partial charge in [-0.2, -0.15) is 0 Å². The van der Waals surface area contributed by atoms with E-state index in [9.17, 15) is 9.59 Å². The number of hydrogen-bond donors (Lipinski definition) is 1. The van der Waals surface area contributed by atoms with Crippen molar-refractivity contribution in [3.63, 3.8) is 0 Å². The van der Waals surface area contributed by atoms with Crippen LogP contribution in [0.25, 0.3) is 0 Å². The number of rotatable bonds is 5. The molecule has 120 valence electrons. The summed E-state index contributed by atoms with van der Waals surface area (Å²) in [4.78, 5) is 23.7. The van der Waals surface area contributed by atoms with Gasteiger partial charge in [0.2, 0.25) is 0 Å². The van der Waals surface area contributed by atoms with Crippen molar-refractivity contribution in [1.82, 2.24) is 5.32 Å². The largest absolute Gasteiger partial charge is 0.481 e. The highest BCUT2D eigenvalue weighted by atomic mass is 16.5. The lowest BCUT2D eigenvalue weighted by Gasteiger charge is -2.30. The van der Waals surface area contributed by atoms with Gasteiger partial charge in [-0.1, -0.05) is 31.9 Å². The number of nitrogens with one attached hydrogen (secondary N) is 1. The van der Waals surface area contributed by atoms with Gasteiger partial charge < -0.3 is 10.1 Å². The Morgan fingerprint density at radius 3 is 2.68 bits per heavy atom. The molecule has 1 aromatic rings. The number of ketones is 1. The van der Waals surface area contributed by atoms with Crippen LogP contribution in [0.2, 0.25) is 0 Å². The predicted molar refractivity (Wildman–Crippen MR) is 86.1 cm³/mol. The Hall–Kier alpha value is -1.84. The second-order valence-corrected chi connectivity index (χ2v) is 6.22. The number of amides is 1. The van der Waals surface area contributed by atoms with Crippen molar-refractivity contribution in [2.75, 3.05) is 0 Å². The Balaban J connectivity index is 1.93. The van der Waals surface area contributed by atoms with Crippen LogP contribution in [0, 0.1) is 5.92 Å². The second-order valence-electron chi connectivity index (χ2n) is 6.22. The highest BCUT2D eigenvalue weighted by Crippen LogP contribution is 2.24. The number of benzene rings is 1. The lowest BCUT2D eigenvalue weighted by Crippen LogP contribution is -2.46. The molecule has 4 nitrogen and oxygen atoms in total. The molecule has 0 spiro atoms. The minimum absolute atomic E-state index is 0.0152. The van der Waals surface area contributed by atoms with Crippen molar-refractivity contribution >= 4 is 11.7 Å². The second kappa shape index (κ2) is 7.43. The van der Waals surface area contributed by atoms with Crippen molar-refractivity contribution < 1.29 is 14.3 Å². The fourth-order valence-electron chi connectivity index (χ4n) is 2.88. The van der Waals surface area contributed by atoms with Crippen molar-refractivity contribution in [2.45, 2.75) is 58.6 Å². The first-order chi connectivity index (χ1) is 10.5. The topological polar surface area (TPSA) is 55.4 Å². The minimum atomic E-state index is -0.573. The predicted octanol–water partition coefficient (Wildman–Crippen LogP) is 3.35. The summed E-state index contributed by atoms with van der Waals surface area (Å²) < 4.78 is 5.68. The average molecular weight is 303 g/mol. The summed E-state index contributed by atoms with van der Waals surface area (Å²) in [5.41, 5.74) is 0.589. The maximum atomic E-state index is 12.3. The molecular formula is C18H25NO3. The lowest BCUT2D eigenvalue weighted by molar-refractivity contribution is -0.128. The van der Waals surface area contributed by atoms with Crippen LogP contribution in [0.1, 0.15) is 56.8 Å². The van der Waals surface area contributed by atoms with Crippen molar-refractivity contribution in [3.05, 3.63) is 29.8 Å². The van der Waals surface area contributed by atoms with Gasteiger partial charge in [0.1, 0.15) is 5.75 Å². The smallest absolute Gasteiger partial charge is 0.261 e. The molecular weight excluding hydrogens is 278 g/mol. The molecule has 1 fully saturated rings. The number of carbonyl (C=O) groups is 2. The van der Waals surface area contributed by atoms with Crippen LogP contribution in [-0.4, -0.2) is 23.8 Å². The van der Waals surface area contributed by atoms with E-state index in [1.807, 2.05) is 0 Å². The highest BCUT2D eigenvalue weighted by Gasteiger charge is 2.25. The molecule has 1 aliphatic carbocycles. The van der Waals surface area contributed by atoms with Gasteiger partial charge in [-0.05, 0) is 44.7 Å². The van der Waals surface area contributed by atoms with Gasteiger partial charge in [0.15, 0.2) is 11.9 Å². The summed E-state index contributed by atoms with van der Waals surface area (Å²) in [6.45, 7) is 5.44. The van der Waals surface area contributed by atoms with Gasteiger partial charge >= 0.3 is 0 Å². The number of carbonyl (C=O) groups excluding carboxylic acids is 2. The van der Waals surface area contributed by atoms with Gasteiger partial charge in [-0.15, -0.1) is 0 Å². The molecule has 0 bridgehead atoms. The molecule has 1 aromatic carbocycles. The number of Topliss-reactive ketones (excluding diaryl/α,β-unsaturated/α-hetero) is 1. The van der Waals surface area contributed by atoms with E-state index in [1.54, 1.807) is 31.2 Å². The Bertz CT molecular complexity index is 541. The maximum Gasteiger partial charge on any atom is 0.261 e. The van der Waals surface area contributed by atoms with Crippen molar-refractivity contribution in [1.29, 1.82) is 0 Å². The van der Waals surface area contributed by atoms with E-state index in [4.69, 9.17) is 4.74 Å². The monoisotopic (exact) mass is 303 g/mol. The third-order valence-corrected chi connectivity index (χ3v) is 4.36. The summed E-state index contributed by atoms with van der Waals surface area (Å²) in [6, 6.07) is 7.19. The van der Waals surface area contributed by atoms with Crippen LogP contribution in [0.3, 0.4) is 0 Å². The zero-order valence-corrected chi connectivity index (χ0v) is 13.6. The Morgan fingerprint density at radius 2 is 2.00 bits per heavy atom. The van der Waals surface area contributed by atoms with E-state index in [-0.39, 0.29) is 17.7 Å². The average Bonchev–Trinajstić information content (AvgIpc) is 2.49. The normalized spacial score (nSPS) is 22.7. The summed E-state index contributed by atoms with van der Waals surface area (Å²) in [7, 11) is 0. The van der Waals surface area contributed by atoms with Crippen molar-refractivity contribution in [2.24, 2.45) is 5.92 Å². The van der Waals surface area contributed by atoms with Gasteiger partial charge in [-0.25, -0.2) is 0 Å². The zero-order valence-electron chi connectivity index (χ0n) is 13.6. The van der Waals surface area contributed by atoms with E-state index < -0.39 is 6.10 Å². The fourth-order valence-corrected chi connectivity index (χ4v) is 2.88. The first-order valence-corrected chi connectivity index (χ1v) is 8.05. The third-order valence-electron chi connectivity index (χ3n) is 4.36. The van der Waals surface area contributed by atoms with Crippen LogP contribution in [0.15, 0.2) is 24.3 Å². The fraction of sp³-hybridized carbons (Fsp3) is 0.556. The molecule has 0 aromatic heterocycles. The van der Waals surface area contributed by atoms with Gasteiger partial charge in [0.05, 0.1) is 0 Å². The van der Waals surface area contributed by atoms with E-state index in [0.717, 1.165) is 6.42 Å². The quantitative estimate of drug-likeness (QED) is 0.849. The van der Waals surface area contributed by atoms with Crippen LogP contribution in [-0.2, 0) is 4.79 Å². The Kier molecular flexibility index (Phi) is 5.58.